The standard InChI is InChI=1S/C22H15BrN2O4S2/c1-12-3-7-18(13(2)9-12)24-21(26)20(31-22(24)30)11-15-5-8-19(29-15)16-6-4-14(25(27)28)10-17(16)23/h3-11H,1-2H3/b20-11+. The Hall–Kier alpha value is -2.75. The smallest absolute Gasteiger partial charge is 0.270 e. The highest BCUT2D eigenvalue weighted by Crippen LogP contribution is 2.38. The summed E-state index contributed by atoms with van der Waals surface area (Å²) in [6.07, 6.45) is 1.66. The van der Waals surface area contributed by atoms with E-state index in [1.807, 2.05) is 32.0 Å². The highest BCUT2D eigenvalue weighted by Gasteiger charge is 2.34. The molecule has 6 nitrogen and oxygen atoms in total. The zero-order chi connectivity index (χ0) is 22.3. The Morgan fingerprint density at radius 2 is 1.94 bits per heavy atom. The number of non-ortho nitro benzene ring substituents is 1. The number of nitro benzene ring substituents is 1. The summed E-state index contributed by atoms with van der Waals surface area (Å²) < 4.78 is 6.88. The predicted molar refractivity (Wildman–Crippen MR) is 130 cm³/mol. The van der Waals surface area contributed by atoms with Crippen LogP contribution in [0.4, 0.5) is 11.4 Å². The van der Waals surface area contributed by atoms with Crippen LogP contribution in [0.2, 0.25) is 0 Å². The number of nitro groups is 1. The van der Waals surface area contributed by atoms with Crippen molar-refractivity contribution in [1.82, 2.24) is 0 Å². The van der Waals surface area contributed by atoms with Gasteiger partial charge in [0, 0.05) is 28.2 Å². The predicted octanol–water partition coefficient (Wildman–Crippen LogP) is 6.64. The lowest BCUT2D eigenvalue weighted by atomic mass is 10.1. The third-order valence-corrected chi connectivity index (χ3v) is 6.67. The lowest BCUT2D eigenvalue weighted by molar-refractivity contribution is -0.384. The van der Waals surface area contributed by atoms with Crippen LogP contribution in [0.1, 0.15) is 16.9 Å². The van der Waals surface area contributed by atoms with Crippen molar-refractivity contribution in [3.05, 3.63) is 84.9 Å². The van der Waals surface area contributed by atoms with Crippen LogP contribution < -0.4 is 4.90 Å². The molecular formula is C22H15BrN2O4S2. The van der Waals surface area contributed by atoms with Crippen molar-refractivity contribution in [2.75, 3.05) is 4.90 Å². The number of halogens is 1. The second-order valence-electron chi connectivity index (χ2n) is 6.93. The molecule has 9 heteroatoms. The molecule has 0 saturated carbocycles. The summed E-state index contributed by atoms with van der Waals surface area (Å²) in [7, 11) is 0. The molecule has 156 valence electrons. The van der Waals surface area contributed by atoms with Gasteiger partial charge in [-0.25, -0.2) is 0 Å². The highest BCUT2D eigenvalue weighted by molar-refractivity contribution is 9.10. The second-order valence-corrected chi connectivity index (χ2v) is 9.46. The summed E-state index contributed by atoms with van der Waals surface area (Å²) in [6, 6.07) is 13.8. The van der Waals surface area contributed by atoms with Crippen LogP contribution in [0.5, 0.6) is 0 Å². The zero-order valence-electron chi connectivity index (χ0n) is 16.4. The summed E-state index contributed by atoms with van der Waals surface area (Å²) in [6.45, 7) is 3.95. The van der Waals surface area contributed by atoms with Crippen molar-refractivity contribution in [3.63, 3.8) is 0 Å². The molecule has 2 heterocycles. The minimum Gasteiger partial charge on any atom is -0.457 e. The third-order valence-electron chi connectivity index (χ3n) is 4.72. The molecular weight excluding hydrogens is 500 g/mol. The highest BCUT2D eigenvalue weighted by atomic mass is 79.9. The van der Waals surface area contributed by atoms with Crippen LogP contribution in [0.3, 0.4) is 0 Å². The van der Waals surface area contributed by atoms with Gasteiger partial charge in [-0.15, -0.1) is 0 Å². The first kappa shape index (κ1) is 21.5. The molecule has 31 heavy (non-hydrogen) atoms. The van der Waals surface area contributed by atoms with E-state index in [1.54, 1.807) is 24.3 Å². The molecule has 4 rings (SSSR count). The quantitative estimate of drug-likeness (QED) is 0.168. The van der Waals surface area contributed by atoms with Crippen LogP contribution in [0.25, 0.3) is 17.4 Å². The number of thiocarbonyl (C=S) groups is 1. The Bertz CT molecular complexity index is 1280. The number of aryl methyl sites for hydroxylation is 2. The van der Waals surface area contributed by atoms with Gasteiger partial charge in [0.2, 0.25) is 0 Å². The van der Waals surface area contributed by atoms with Crippen LogP contribution >= 0.6 is 39.9 Å². The molecule has 0 N–H and O–H groups in total. The number of carbonyl (C=O) groups excluding carboxylic acids is 1. The molecule has 0 atom stereocenters. The van der Waals surface area contributed by atoms with Gasteiger partial charge in [-0.2, -0.15) is 0 Å². The van der Waals surface area contributed by atoms with Gasteiger partial charge in [-0.05, 0) is 59.6 Å². The van der Waals surface area contributed by atoms with Crippen molar-refractivity contribution >= 4 is 67.6 Å². The number of benzene rings is 2. The first-order valence-corrected chi connectivity index (χ1v) is 11.2. The zero-order valence-corrected chi connectivity index (χ0v) is 19.6. The molecule has 0 radical (unpaired) electrons. The molecule has 1 amide bonds. The Balaban J connectivity index is 1.62. The maximum Gasteiger partial charge on any atom is 0.270 e. The fourth-order valence-corrected chi connectivity index (χ4v) is 5.08. The number of hydrogen-bond donors (Lipinski definition) is 0. The van der Waals surface area contributed by atoms with Gasteiger partial charge in [-0.3, -0.25) is 19.8 Å². The number of furan rings is 1. The van der Waals surface area contributed by atoms with Crippen LogP contribution in [0, 0.1) is 24.0 Å². The minimum absolute atomic E-state index is 0.0162. The maximum absolute atomic E-state index is 13.0. The van der Waals surface area contributed by atoms with Crippen molar-refractivity contribution < 1.29 is 14.1 Å². The molecule has 1 aromatic heterocycles. The van der Waals surface area contributed by atoms with E-state index in [0.29, 0.717) is 30.8 Å². The molecule has 1 aliphatic heterocycles. The Kier molecular flexibility index (Phi) is 5.83. The monoisotopic (exact) mass is 514 g/mol. The number of anilines is 1. The van der Waals surface area contributed by atoms with Crippen molar-refractivity contribution in [3.8, 4) is 11.3 Å². The SMILES string of the molecule is Cc1ccc(N2C(=O)/C(=C\c3ccc(-c4ccc([N+](=O)[O-])cc4Br)o3)SC2=S)c(C)c1. The Labute approximate surface area is 196 Å². The summed E-state index contributed by atoms with van der Waals surface area (Å²) in [5, 5.41) is 10.9. The lowest BCUT2D eigenvalue weighted by Gasteiger charge is -2.17. The topological polar surface area (TPSA) is 76.6 Å². The van der Waals surface area contributed by atoms with Gasteiger partial charge in [0.1, 0.15) is 11.5 Å². The van der Waals surface area contributed by atoms with E-state index in [1.165, 1.54) is 28.8 Å². The van der Waals surface area contributed by atoms with Crippen molar-refractivity contribution in [1.29, 1.82) is 0 Å². The number of thioether (sulfide) groups is 1. The number of carbonyl (C=O) groups is 1. The maximum atomic E-state index is 13.0. The normalized spacial score (nSPS) is 15.2. The van der Waals surface area contributed by atoms with Gasteiger partial charge in [0.05, 0.1) is 15.5 Å². The molecule has 3 aromatic rings. The lowest BCUT2D eigenvalue weighted by Crippen LogP contribution is -2.28. The molecule has 0 unspecified atom stereocenters. The van der Waals surface area contributed by atoms with E-state index in [9.17, 15) is 14.9 Å². The number of hydrogen-bond acceptors (Lipinski definition) is 6. The fourth-order valence-electron chi connectivity index (χ4n) is 3.25. The van der Waals surface area contributed by atoms with E-state index < -0.39 is 4.92 Å². The molecule has 2 aromatic carbocycles. The first-order chi connectivity index (χ1) is 14.7. The summed E-state index contributed by atoms with van der Waals surface area (Å²) in [4.78, 5) is 25.5. The number of nitrogens with zero attached hydrogens (tertiary/aromatic N) is 2. The van der Waals surface area contributed by atoms with Crippen molar-refractivity contribution in [2.24, 2.45) is 0 Å². The van der Waals surface area contributed by atoms with Crippen molar-refractivity contribution in [2.45, 2.75) is 13.8 Å². The van der Waals surface area contributed by atoms with Gasteiger partial charge in [-0.1, -0.05) is 41.7 Å². The summed E-state index contributed by atoms with van der Waals surface area (Å²) in [5.41, 5.74) is 3.51. The molecule has 1 fully saturated rings. The van der Waals surface area contributed by atoms with Crippen LogP contribution in [0.15, 0.2) is 62.3 Å². The molecule has 1 aliphatic rings. The third kappa shape index (κ3) is 4.21. The number of rotatable bonds is 4. The van der Waals surface area contributed by atoms with Gasteiger partial charge in [0.15, 0.2) is 4.32 Å². The molecule has 1 saturated heterocycles. The minimum atomic E-state index is -0.458. The Morgan fingerprint density at radius 3 is 2.61 bits per heavy atom. The van der Waals surface area contributed by atoms with E-state index >= 15 is 0 Å². The average Bonchev–Trinajstić information content (AvgIpc) is 3.27. The van der Waals surface area contributed by atoms with E-state index in [4.69, 9.17) is 16.6 Å². The Morgan fingerprint density at radius 1 is 1.16 bits per heavy atom. The molecule has 0 aliphatic carbocycles. The van der Waals surface area contributed by atoms with Gasteiger partial charge in [0.25, 0.3) is 11.6 Å². The molecule has 0 spiro atoms. The number of amides is 1. The average molecular weight is 515 g/mol. The summed E-state index contributed by atoms with van der Waals surface area (Å²) in [5.74, 6) is 0.815. The molecule has 0 bridgehead atoms. The summed E-state index contributed by atoms with van der Waals surface area (Å²) >= 11 is 10.0. The fraction of sp³-hybridized carbons (Fsp3) is 0.0909. The van der Waals surface area contributed by atoms with Gasteiger partial charge < -0.3 is 4.42 Å². The largest absolute Gasteiger partial charge is 0.457 e. The first-order valence-electron chi connectivity index (χ1n) is 9.14. The van der Waals surface area contributed by atoms with E-state index in [2.05, 4.69) is 15.9 Å². The van der Waals surface area contributed by atoms with Crippen LogP contribution in [-0.4, -0.2) is 15.2 Å². The second kappa shape index (κ2) is 8.41. The van der Waals surface area contributed by atoms with E-state index in [-0.39, 0.29) is 11.6 Å². The van der Waals surface area contributed by atoms with E-state index in [0.717, 1.165) is 16.8 Å². The van der Waals surface area contributed by atoms with Crippen LogP contribution in [-0.2, 0) is 4.79 Å². The van der Waals surface area contributed by atoms with Gasteiger partial charge >= 0.3 is 0 Å².